The molecule has 0 saturated carbocycles. The van der Waals surface area contributed by atoms with Gasteiger partial charge in [-0.25, -0.2) is 0 Å². The second-order valence-corrected chi connectivity index (χ2v) is 8.37. The third kappa shape index (κ3) is 4.74. The van der Waals surface area contributed by atoms with Crippen LogP contribution in [0.2, 0.25) is 0 Å². The summed E-state index contributed by atoms with van der Waals surface area (Å²) in [6.07, 6.45) is 2.58. The van der Waals surface area contributed by atoms with Gasteiger partial charge in [0, 0.05) is 30.1 Å². The molecule has 1 aromatic rings. The van der Waals surface area contributed by atoms with Crippen molar-refractivity contribution in [1.82, 2.24) is 0 Å². The highest BCUT2D eigenvalue weighted by Crippen LogP contribution is 2.45. The second kappa shape index (κ2) is 8.05. The maximum Gasteiger partial charge on any atom is 0.303 e. The van der Waals surface area contributed by atoms with Gasteiger partial charge in [-0.3, -0.25) is 9.35 Å². The number of carbonyl (C=O) groups is 1. The van der Waals surface area contributed by atoms with Crippen molar-refractivity contribution < 1.29 is 22.9 Å². The SMILES string of the molecule is Br.CC1N(CCCCCC(=O)O)c2ccc(S(=O)(=O)O)cc2C1(C)C. The molecule has 2 rings (SSSR count). The van der Waals surface area contributed by atoms with Crippen molar-refractivity contribution in [3.63, 3.8) is 0 Å². The van der Waals surface area contributed by atoms with Crippen LogP contribution in [0.4, 0.5) is 5.69 Å². The van der Waals surface area contributed by atoms with E-state index in [0.717, 1.165) is 30.6 Å². The first kappa shape index (κ1) is 21.9. The molecule has 6 nitrogen and oxygen atoms in total. The van der Waals surface area contributed by atoms with E-state index in [1.807, 2.05) is 0 Å². The minimum absolute atomic E-state index is 0. The normalized spacial score (nSPS) is 18.6. The van der Waals surface area contributed by atoms with Crippen LogP contribution in [0.1, 0.15) is 52.0 Å². The molecule has 0 amide bonds. The fraction of sp³-hybridized carbons (Fsp3) is 0.588. The van der Waals surface area contributed by atoms with E-state index in [9.17, 15) is 17.8 Å². The van der Waals surface area contributed by atoms with Gasteiger partial charge in [0.1, 0.15) is 0 Å². The van der Waals surface area contributed by atoms with Crippen LogP contribution in [0.15, 0.2) is 23.1 Å². The van der Waals surface area contributed by atoms with E-state index in [1.54, 1.807) is 12.1 Å². The Morgan fingerprint density at radius 1 is 1.24 bits per heavy atom. The third-order valence-electron chi connectivity index (χ3n) is 5.07. The summed E-state index contributed by atoms with van der Waals surface area (Å²) in [5.41, 5.74) is 1.66. The number of halogens is 1. The monoisotopic (exact) mass is 435 g/mol. The minimum Gasteiger partial charge on any atom is -0.481 e. The van der Waals surface area contributed by atoms with Crippen LogP contribution in [-0.4, -0.2) is 36.6 Å². The van der Waals surface area contributed by atoms with Gasteiger partial charge in [-0.15, -0.1) is 17.0 Å². The lowest BCUT2D eigenvalue weighted by Gasteiger charge is -2.31. The minimum atomic E-state index is -4.22. The zero-order valence-electron chi connectivity index (χ0n) is 14.7. The maximum atomic E-state index is 11.4. The third-order valence-corrected chi connectivity index (χ3v) is 5.92. The number of fused-ring (bicyclic) bond motifs is 1. The van der Waals surface area contributed by atoms with Crippen molar-refractivity contribution in [2.24, 2.45) is 0 Å². The van der Waals surface area contributed by atoms with Crippen LogP contribution < -0.4 is 4.90 Å². The molecule has 0 aliphatic carbocycles. The van der Waals surface area contributed by atoms with Crippen LogP contribution in [0, 0.1) is 0 Å². The van der Waals surface area contributed by atoms with E-state index in [-0.39, 0.29) is 39.8 Å². The second-order valence-electron chi connectivity index (χ2n) is 6.95. The summed E-state index contributed by atoms with van der Waals surface area (Å²) >= 11 is 0. The molecule has 1 aliphatic heterocycles. The number of anilines is 1. The molecule has 0 saturated heterocycles. The first-order valence-corrected chi connectivity index (χ1v) is 9.59. The molecular formula is C17H26BrNO5S. The molecule has 0 radical (unpaired) electrons. The highest BCUT2D eigenvalue weighted by molar-refractivity contribution is 8.93. The number of carboxylic acids is 1. The average molecular weight is 436 g/mol. The van der Waals surface area contributed by atoms with E-state index in [2.05, 4.69) is 25.7 Å². The first-order valence-electron chi connectivity index (χ1n) is 8.15. The molecule has 1 unspecified atom stereocenters. The molecule has 1 aliphatic rings. The molecule has 25 heavy (non-hydrogen) atoms. The molecule has 2 N–H and O–H groups in total. The number of hydrogen-bond acceptors (Lipinski definition) is 4. The summed E-state index contributed by atoms with van der Waals surface area (Å²) < 4.78 is 32.1. The Bertz CT molecular complexity index is 733. The van der Waals surface area contributed by atoms with Crippen LogP contribution in [0.5, 0.6) is 0 Å². The zero-order chi connectivity index (χ0) is 18.1. The fourth-order valence-corrected chi connectivity index (χ4v) is 3.82. The number of hydrogen-bond donors (Lipinski definition) is 2. The number of rotatable bonds is 7. The molecule has 142 valence electrons. The van der Waals surface area contributed by atoms with Crippen molar-refractivity contribution in [2.45, 2.75) is 62.8 Å². The Kier molecular flexibility index (Phi) is 7.06. The number of nitrogens with zero attached hydrogens (tertiary/aromatic N) is 1. The number of aliphatic carboxylic acids is 1. The van der Waals surface area contributed by atoms with E-state index in [4.69, 9.17) is 5.11 Å². The lowest BCUT2D eigenvalue weighted by molar-refractivity contribution is -0.137. The van der Waals surface area contributed by atoms with Gasteiger partial charge in [-0.2, -0.15) is 8.42 Å². The van der Waals surface area contributed by atoms with E-state index >= 15 is 0 Å². The number of carboxylic acid groups (broad SMARTS) is 1. The maximum absolute atomic E-state index is 11.4. The number of benzene rings is 1. The van der Waals surface area contributed by atoms with Crippen molar-refractivity contribution in [1.29, 1.82) is 0 Å². The van der Waals surface area contributed by atoms with Crippen molar-refractivity contribution in [2.75, 3.05) is 11.4 Å². The summed E-state index contributed by atoms with van der Waals surface area (Å²) in [4.78, 5) is 12.7. The van der Waals surface area contributed by atoms with Crippen molar-refractivity contribution in [3.05, 3.63) is 23.8 Å². The standard InChI is InChI=1S/C17H25NO5S.BrH/c1-12-17(2,3)14-11-13(24(21,22)23)8-9-15(14)18(12)10-6-4-5-7-16(19)20;/h8-9,11-12H,4-7,10H2,1-3H3,(H,19,20)(H,21,22,23);1H. The largest absolute Gasteiger partial charge is 0.481 e. The quantitative estimate of drug-likeness (QED) is 0.501. The predicted octanol–water partition coefficient (Wildman–Crippen LogP) is 3.64. The smallest absolute Gasteiger partial charge is 0.303 e. The van der Waals surface area contributed by atoms with Gasteiger partial charge in [-0.05, 0) is 43.5 Å². The van der Waals surface area contributed by atoms with Crippen LogP contribution in [0.25, 0.3) is 0 Å². The van der Waals surface area contributed by atoms with Crippen LogP contribution in [0.3, 0.4) is 0 Å². The Morgan fingerprint density at radius 2 is 1.88 bits per heavy atom. The molecule has 0 aromatic heterocycles. The van der Waals surface area contributed by atoms with Gasteiger partial charge in [0.25, 0.3) is 10.1 Å². The molecule has 0 bridgehead atoms. The first-order chi connectivity index (χ1) is 11.0. The highest BCUT2D eigenvalue weighted by Gasteiger charge is 2.42. The summed E-state index contributed by atoms with van der Waals surface area (Å²) in [7, 11) is -4.22. The fourth-order valence-electron chi connectivity index (χ4n) is 3.31. The molecule has 8 heteroatoms. The summed E-state index contributed by atoms with van der Waals surface area (Å²) in [6, 6.07) is 4.93. The molecule has 1 atom stereocenters. The van der Waals surface area contributed by atoms with Gasteiger partial charge in [0.15, 0.2) is 0 Å². The Hall–Kier alpha value is -1.12. The molecule has 0 spiro atoms. The molecule has 1 heterocycles. The molecule has 1 aromatic carbocycles. The van der Waals surface area contributed by atoms with Gasteiger partial charge < -0.3 is 10.0 Å². The number of unbranched alkanes of at least 4 members (excludes halogenated alkanes) is 2. The topological polar surface area (TPSA) is 94.9 Å². The summed E-state index contributed by atoms with van der Waals surface area (Å²) in [5, 5.41) is 8.68. The average Bonchev–Trinajstić information content (AvgIpc) is 2.66. The van der Waals surface area contributed by atoms with E-state index in [1.165, 1.54) is 6.07 Å². The molecular weight excluding hydrogens is 410 g/mol. The van der Waals surface area contributed by atoms with Gasteiger partial charge in [-0.1, -0.05) is 20.3 Å². The van der Waals surface area contributed by atoms with Crippen LogP contribution in [-0.2, 0) is 20.3 Å². The van der Waals surface area contributed by atoms with Gasteiger partial charge in [0.05, 0.1) is 4.90 Å². The van der Waals surface area contributed by atoms with E-state index in [0.29, 0.717) is 6.42 Å². The van der Waals surface area contributed by atoms with Gasteiger partial charge >= 0.3 is 5.97 Å². The molecule has 0 fully saturated rings. The lowest BCUT2D eigenvalue weighted by Crippen LogP contribution is -2.39. The Balaban J connectivity index is 0.00000312. The van der Waals surface area contributed by atoms with Crippen LogP contribution >= 0.6 is 17.0 Å². The Labute approximate surface area is 159 Å². The Morgan fingerprint density at radius 3 is 2.44 bits per heavy atom. The zero-order valence-corrected chi connectivity index (χ0v) is 17.3. The highest BCUT2D eigenvalue weighted by atomic mass is 79.9. The van der Waals surface area contributed by atoms with Gasteiger partial charge in [0.2, 0.25) is 0 Å². The van der Waals surface area contributed by atoms with Crippen molar-refractivity contribution in [3.8, 4) is 0 Å². The predicted molar refractivity (Wildman–Crippen MR) is 103 cm³/mol. The van der Waals surface area contributed by atoms with Crippen molar-refractivity contribution >= 4 is 38.8 Å². The lowest BCUT2D eigenvalue weighted by atomic mass is 9.81. The summed E-state index contributed by atoms with van der Waals surface area (Å²) in [6.45, 7) is 7.02. The summed E-state index contributed by atoms with van der Waals surface area (Å²) in [5.74, 6) is -0.770. The van der Waals surface area contributed by atoms with E-state index < -0.39 is 16.1 Å².